The second kappa shape index (κ2) is 4.03. The maximum Gasteiger partial charge on any atom is 0.160 e. The van der Waals surface area contributed by atoms with E-state index in [1.165, 1.54) is 12.8 Å². The molecule has 16 heavy (non-hydrogen) atoms. The minimum absolute atomic E-state index is 0.534. The fraction of sp³-hybridized carbons (Fsp3) is 0.455. The molecule has 0 aliphatic carbocycles. The minimum atomic E-state index is 0.534. The Bertz CT molecular complexity index is 502. The molecular formula is C11H13ClN4. The Morgan fingerprint density at radius 2 is 2.38 bits per heavy atom. The molecule has 1 aliphatic heterocycles. The zero-order valence-electron chi connectivity index (χ0n) is 8.86. The molecule has 0 radical (unpaired) electrons. The highest BCUT2D eigenvalue weighted by molar-refractivity contribution is 6.30. The van der Waals surface area contributed by atoms with E-state index in [1.807, 2.05) is 22.7 Å². The van der Waals surface area contributed by atoms with Crippen LogP contribution >= 0.6 is 11.6 Å². The van der Waals surface area contributed by atoms with Crippen molar-refractivity contribution in [2.24, 2.45) is 0 Å². The van der Waals surface area contributed by atoms with Gasteiger partial charge in [0, 0.05) is 18.7 Å². The quantitative estimate of drug-likeness (QED) is 0.863. The Labute approximate surface area is 98.6 Å². The van der Waals surface area contributed by atoms with Gasteiger partial charge in [-0.25, -0.2) is 0 Å². The lowest BCUT2D eigenvalue weighted by Gasteiger charge is -2.07. The lowest BCUT2D eigenvalue weighted by Crippen LogP contribution is -2.24. The van der Waals surface area contributed by atoms with Crippen molar-refractivity contribution in [3.63, 3.8) is 0 Å². The van der Waals surface area contributed by atoms with Crippen LogP contribution in [-0.2, 0) is 6.42 Å². The molecule has 2 aromatic heterocycles. The number of hydrogen-bond acceptors (Lipinski definition) is 3. The van der Waals surface area contributed by atoms with Crippen molar-refractivity contribution in [1.29, 1.82) is 0 Å². The first-order valence-electron chi connectivity index (χ1n) is 5.55. The summed E-state index contributed by atoms with van der Waals surface area (Å²) in [4.78, 5) is 0. The van der Waals surface area contributed by atoms with Gasteiger partial charge in [-0.3, -0.25) is 4.40 Å². The molecule has 0 amide bonds. The van der Waals surface area contributed by atoms with Gasteiger partial charge in [0.1, 0.15) is 5.82 Å². The van der Waals surface area contributed by atoms with Crippen molar-refractivity contribution < 1.29 is 0 Å². The van der Waals surface area contributed by atoms with Crippen LogP contribution in [-0.4, -0.2) is 27.2 Å². The van der Waals surface area contributed by atoms with E-state index in [2.05, 4.69) is 15.5 Å². The zero-order valence-corrected chi connectivity index (χ0v) is 9.61. The lowest BCUT2D eigenvalue weighted by molar-refractivity contribution is 0.582. The van der Waals surface area contributed by atoms with E-state index in [0.29, 0.717) is 11.1 Å². The van der Waals surface area contributed by atoms with Gasteiger partial charge < -0.3 is 5.32 Å². The Balaban J connectivity index is 1.93. The maximum absolute atomic E-state index is 5.97. The molecule has 0 spiro atoms. The van der Waals surface area contributed by atoms with Crippen LogP contribution in [0.3, 0.4) is 0 Å². The minimum Gasteiger partial charge on any atom is -0.314 e. The van der Waals surface area contributed by atoms with Crippen molar-refractivity contribution in [2.45, 2.75) is 25.3 Å². The Morgan fingerprint density at radius 1 is 1.44 bits per heavy atom. The summed E-state index contributed by atoms with van der Waals surface area (Å²) in [7, 11) is 0. The topological polar surface area (TPSA) is 42.2 Å². The molecule has 1 N–H and O–H groups in total. The second-order valence-corrected chi connectivity index (χ2v) is 4.63. The second-order valence-electron chi connectivity index (χ2n) is 4.19. The number of rotatable bonds is 2. The molecule has 2 aromatic rings. The number of halogens is 1. The largest absolute Gasteiger partial charge is 0.314 e. The van der Waals surface area contributed by atoms with Crippen LogP contribution in [0.5, 0.6) is 0 Å². The third-order valence-electron chi connectivity index (χ3n) is 3.03. The fourth-order valence-electron chi connectivity index (χ4n) is 2.20. The van der Waals surface area contributed by atoms with E-state index < -0.39 is 0 Å². The molecule has 1 saturated heterocycles. The molecule has 1 unspecified atom stereocenters. The summed E-state index contributed by atoms with van der Waals surface area (Å²) < 4.78 is 1.97. The van der Waals surface area contributed by atoms with Crippen molar-refractivity contribution in [1.82, 2.24) is 19.9 Å². The number of hydrogen-bond donors (Lipinski definition) is 1. The van der Waals surface area contributed by atoms with Gasteiger partial charge in [-0.1, -0.05) is 11.6 Å². The highest BCUT2D eigenvalue weighted by Gasteiger charge is 2.17. The molecular weight excluding hydrogens is 224 g/mol. The molecule has 0 saturated carbocycles. The number of nitrogens with one attached hydrogen (secondary N) is 1. The number of fused-ring (bicyclic) bond motifs is 1. The average molecular weight is 237 g/mol. The van der Waals surface area contributed by atoms with Crippen LogP contribution in [0.2, 0.25) is 5.02 Å². The monoisotopic (exact) mass is 236 g/mol. The molecule has 4 nitrogen and oxygen atoms in total. The van der Waals surface area contributed by atoms with E-state index in [0.717, 1.165) is 24.4 Å². The summed E-state index contributed by atoms with van der Waals surface area (Å²) in [6, 6.07) is 4.26. The van der Waals surface area contributed by atoms with Gasteiger partial charge >= 0.3 is 0 Å². The third kappa shape index (κ3) is 1.79. The highest BCUT2D eigenvalue weighted by atomic mass is 35.5. The van der Waals surface area contributed by atoms with Crippen LogP contribution < -0.4 is 5.32 Å². The van der Waals surface area contributed by atoms with Gasteiger partial charge in [0.15, 0.2) is 5.65 Å². The van der Waals surface area contributed by atoms with Crippen LogP contribution in [0.15, 0.2) is 18.3 Å². The van der Waals surface area contributed by atoms with E-state index in [1.54, 1.807) is 0 Å². The van der Waals surface area contributed by atoms with Crippen LogP contribution in [0.1, 0.15) is 18.7 Å². The van der Waals surface area contributed by atoms with Crippen LogP contribution in [0, 0.1) is 0 Å². The third-order valence-corrected chi connectivity index (χ3v) is 3.25. The van der Waals surface area contributed by atoms with Crippen LogP contribution in [0.25, 0.3) is 5.65 Å². The van der Waals surface area contributed by atoms with Gasteiger partial charge in [-0.05, 0) is 31.5 Å². The SMILES string of the molecule is Clc1ccc2nnc(CC3CCCN3)n2c1. The van der Waals surface area contributed by atoms with Gasteiger partial charge in [0.2, 0.25) is 0 Å². The van der Waals surface area contributed by atoms with E-state index in [4.69, 9.17) is 11.6 Å². The Kier molecular flexibility index (Phi) is 2.53. The molecule has 3 heterocycles. The summed E-state index contributed by atoms with van der Waals surface area (Å²) in [5, 5.41) is 12.5. The number of aromatic nitrogens is 3. The summed E-state index contributed by atoms with van der Waals surface area (Å²) in [6.07, 6.45) is 5.26. The van der Waals surface area contributed by atoms with E-state index >= 15 is 0 Å². The predicted molar refractivity (Wildman–Crippen MR) is 62.7 cm³/mol. The van der Waals surface area contributed by atoms with Crippen molar-refractivity contribution in [3.8, 4) is 0 Å². The van der Waals surface area contributed by atoms with Gasteiger partial charge in [0.05, 0.1) is 5.02 Å². The molecule has 1 atom stereocenters. The first kappa shape index (κ1) is 10.1. The molecule has 3 rings (SSSR count). The van der Waals surface area contributed by atoms with E-state index in [9.17, 15) is 0 Å². The van der Waals surface area contributed by atoms with Crippen molar-refractivity contribution >= 4 is 17.2 Å². The normalized spacial score (nSPS) is 20.7. The molecule has 0 aromatic carbocycles. The summed E-state index contributed by atoms with van der Waals surface area (Å²) in [5.74, 6) is 0.983. The highest BCUT2D eigenvalue weighted by Crippen LogP contribution is 2.14. The maximum atomic E-state index is 5.97. The number of pyridine rings is 1. The summed E-state index contributed by atoms with van der Waals surface area (Å²) in [6.45, 7) is 1.11. The van der Waals surface area contributed by atoms with Crippen LogP contribution in [0.4, 0.5) is 0 Å². The van der Waals surface area contributed by atoms with E-state index in [-0.39, 0.29) is 0 Å². The van der Waals surface area contributed by atoms with Crippen molar-refractivity contribution in [3.05, 3.63) is 29.2 Å². The zero-order chi connectivity index (χ0) is 11.0. The summed E-state index contributed by atoms with van der Waals surface area (Å²) in [5.41, 5.74) is 0.859. The van der Waals surface area contributed by atoms with Crippen molar-refractivity contribution in [2.75, 3.05) is 6.54 Å². The van der Waals surface area contributed by atoms with Gasteiger partial charge in [0.25, 0.3) is 0 Å². The molecule has 1 aliphatic rings. The molecule has 1 fully saturated rings. The van der Waals surface area contributed by atoms with Gasteiger partial charge in [-0.15, -0.1) is 10.2 Å². The lowest BCUT2D eigenvalue weighted by atomic mass is 10.1. The predicted octanol–water partition coefficient (Wildman–Crippen LogP) is 1.68. The Morgan fingerprint density at radius 3 is 3.19 bits per heavy atom. The standard InChI is InChI=1S/C11H13ClN4/c12-8-3-4-10-14-15-11(16(10)7-8)6-9-2-1-5-13-9/h3-4,7,9,13H,1-2,5-6H2. The molecule has 5 heteroatoms. The average Bonchev–Trinajstić information content (AvgIpc) is 2.90. The fourth-order valence-corrected chi connectivity index (χ4v) is 2.36. The smallest absolute Gasteiger partial charge is 0.160 e. The molecule has 84 valence electrons. The van der Waals surface area contributed by atoms with Gasteiger partial charge in [-0.2, -0.15) is 0 Å². The first-order valence-corrected chi connectivity index (χ1v) is 5.93. The summed E-state index contributed by atoms with van der Waals surface area (Å²) >= 11 is 5.97. The Hall–Kier alpha value is -1.13. The first-order chi connectivity index (χ1) is 7.83. The number of nitrogens with zero attached hydrogens (tertiary/aromatic N) is 3. The molecule has 0 bridgehead atoms.